The van der Waals surface area contributed by atoms with Crippen molar-refractivity contribution < 1.29 is 14.6 Å². The fraction of sp³-hybridized carbons (Fsp3) is 0.333. The lowest BCUT2D eigenvalue weighted by molar-refractivity contribution is 0.0521. The molecule has 0 aliphatic carbocycles. The first kappa shape index (κ1) is 9.72. The van der Waals surface area contributed by atoms with Gasteiger partial charge in [0.05, 0.1) is 6.61 Å². The van der Waals surface area contributed by atoms with Crippen LogP contribution in [0.1, 0.15) is 17.4 Å². The van der Waals surface area contributed by atoms with Gasteiger partial charge in [-0.05, 0) is 13.0 Å². The molecule has 0 fully saturated rings. The maximum atomic E-state index is 11.4. The average Bonchev–Trinajstić information content (AvgIpc) is 2.60. The van der Waals surface area contributed by atoms with Crippen molar-refractivity contribution in [3.63, 3.8) is 0 Å². The molecule has 0 spiro atoms. The highest BCUT2D eigenvalue weighted by Gasteiger charge is 2.21. The van der Waals surface area contributed by atoms with Gasteiger partial charge in [0, 0.05) is 6.20 Å². The van der Waals surface area contributed by atoms with Crippen LogP contribution in [0.25, 0.3) is 6.20 Å². The summed E-state index contributed by atoms with van der Waals surface area (Å²) in [4.78, 5) is 15.4. The second kappa shape index (κ2) is 3.74. The van der Waals surface area contributed by atoms with Crippen molar-refractivity contribution >= 4 is 18.0 Å². The van der Waals surface area contributed by atoms with Crippen molar-refractivity contribution in [3.8, 4) is 0 Å². The van der Waals surface area contributed by atoms with Crippen LogP contribution in [0.2, 0.25) is 0 Å². The van der Waals surface area contributed by atoms with Crippen molar-refractivity contribution in [3.05, 3.63) is 18.1 Å². The quantitative estimate of drug-likeness (QED) is 0.684. The monoisotopic (exact) mass is 209 g/mol. The number of hydrogen-bond donors (Lipinski definition) is 2. The third kappa shape index (κ3) is 1.71. The van der Waals surface area contributed by atoms with E-state index in [1.165, 1.54) is 6.33 Å². The molecule has 2 heterocycles. The van der Waals surface area contributed by atoms with Gasteiger partial charge in [-0.2, -0.15) is 0 Å². The number of aliphatic hydroxyl groups is 1. The van der Waals surface area contributed by atoms with Crippen molar-refractivity contribution in [2.75, 3.05) is 11.9 Å². The normalized spacial score (nSPS) is 18.1. The maximum absolute atomic E-state index is 11.4. The Kier molecular flexibility index (Phi) is 2.42. The number of esters is 1. The summed E-state index contributed by atoms with van der Waals surface area (Å²) in [5, 5.41) is 12.0. The van der Waals surface area contributed by atoms with E-state index in [1.807, 2.05) is 0 Å². The molecule has 1 unspecified atom stereocenters. The van der Waals surface area contributed by atoms with Gasteiger partial charge in [-0.1, -0.05) is 0 Å². The van der Waals surface area contributed by atoms with E-state index in [1.54, 1.807) is 23.8 Å². The lowest BCUT2D eigenvalue weighted by Gasteiger charge is -2.16. The standard InChI is InChI=1S/C9H11N3O3/c1-2-15-9(14)7-8-11-6(13)3-4-12(8)5-10-7/h3-6,11,13H,2H2,1H3. The number of carbonyl (C=O) groups excluding carboxylic acids is 1. The second-order valence-electron chi connectivity index (χ2n) is 3.00. The molecule has 0 amide bonds. The van der Waals surface area contributed by atoms with Gasteiger partial charge >= 0.3 is 5.97 Å². The zero-order valence-corrected chi connectivity index (χ0v) is 8.17. The van der Waals surface area contributed by atoms with Gasteiger partial charge in [0.2, 0.25) is 0 Å². The van der Waals surface area contributed by atoms with E-state index in [0.717, 1.165) is 0 Å². The Morgan fingerprint density at radius 2 is 2.60 bits per heavy atom. The molecule has 0 saturated carbocycles. The first-order valence-corrected chi connectivity index (χ1v) is 4.59. The minimum Gasteiger partial charge on any atom is -0.461 e. The number of ether oxygens (including phenoxy) is 1. The number of nitrogens with one attached hydrogen (secondary N) is 1. The second-order valence-corrected chi connectivity index (χ2v) is 3.00. The van der Waals surface area contributed by atoms with Crippen LogP contribution in [0.3, 0.4) is 0 Å². The summed E-state index contributed by atoms with van der Waals surface area (Å²) < 4.78 is 6.44. The van der Waals surface area contributed by atoms with Crippen LogP contribution in [0, 0.1) is 0 Å². The summed E-state index contributed by atoms with van der Waals surface area (Å²) in [6, 6.07) is 0. The topological polar surface area (TPSA) is 76.4 Å². The molecule has 0 radical (unpaired) electrons. The molecular formula is C9H11N3O3. The smallest absolute Gasteiger partial charge is 0.360 e. The molecule has 1 atom stereocenters. The number of fused-ring (bicyclic) bond motifs is 1. The molecule has 1 aromatic heterocycles. The largest absolute Gasteiger partial charge is 0.461 e. The molecular weight excluding hydrogens is 198 g/mol. The Balaban J connectivity index is 2.31. The zero-order chi connectivity index (χ0) is 10.8. The third-order valence-electron chi connectivity index (χ3n) is 1.98. The van der Waals surface area contributed by atoms with Gasteiger partial charge in [0.15, 0.2) is 5.69 Å². The number of carbonyl (C=O) groups is 1. The van der Waals surface area contributed by atoms with Crippen molar-refractivity contribution in [2.45, 2.75) is 13.2 Å². The molecule has 0 aromatic carbocycles. The number of aromatic nitrogens is 2. The lowest BCUT2D eigenvalue weighted by Crippen LogP contribution is -2.22. The molecule has 1 aliphatic rings. The zero-order valence-electron chi connectivity index (χ0n) is 8.17. The highest BCUT2D eigenvalue weighted by molar-refractivity contribution is 5.93. The summed E-state index contributed by atoms with van der Waals surface area (Å²) in [5.41, 5.74) is 0.181. The van der Waals surface area contributed by atoms with Gasteiger partial charge in [0.1, 0.15) is 18.4 Å². The highest BCUT2D eigenvalue weighted by Crippen LogP contribution is 2.20. The minimum atomic E-state index is -0.803. The van der Waals surface area contributed by atoms with Gasteiger partial charge in [-0.3, -0.25) is 4.57 Å². The van der Waals surface area contributed by atoms with Crippen molar-refractivity contribution in [1.82, 2.24) is 9.55 Å². The Morgan fingerprint density at radius 3 is 3.33 bits per heavy atom. The van der Waals surface area contributed by atoms with Gasteiger partial charge in [-0.25, -0.2) is 9.78 Å². The number of rotatable bonds is 2. The van der Waals surface area contributed by atoms with E-state index < -0.39 is 12.2 Å². The molecule has 0 saturated heterocycles. The summed E-state index contributed by atoms with van der Waals surface area (Å²) in [5.74, 6) is -0.0512. The molecule has 1 aliphatic heterocycles. The van der Waals surface area contributed by atoms with Crippen LogP contribution in [0.5, 0.6) is 0 Å². The summed E-state index contributed by atoms with van der Waals surface area (Å²) in [6.07, 6.45) is 3.86. The van der Waals surface area contributed by atoms with E-state index in [2.05, 4.69) is 10.3 Å². The van der Waals surface area contributed by atoms with Crippen LogP contribution in [0.4, 0.5) is 5.82 Å². The number of aliphatic hydroxyl groups excluding tert-OH is 1. The molecule has 2 N–H and O–H groups in total. The number of imidazole rings is 1. The fourth-order valence-corrected chi connectivity index (χ4v) is 1.33. The number of nitrogens with zero attached hydrogens (tertiary/aromatic N) is 2. The molecule has 80 valence electrons. The van der Waals surface area contributed by atoms with Crippen LogP contribution in [-0.2, 0) is 4.74 Å². The summed E-state index contributed by atoms with van der Waals surface area (Å²) in [7, 11) is 0. The predicted octanol–water partition coefficient (Wildman–Crippen LogP) is 0.274. The Labute approximate surface area is 86.2 Å². The van der Waals surface area contributed by atoms with Gasteiger partial charge in [-0.15, -0.1) is 0 Å². The summed E-state index contributed by atoms with van der Waals surface area (Å²) in [6.45, 7) is 2.02. The van der Waals surface area contributed by atoms with Crippen molar-refractivity contribution in [1.29, 1.82) is 0 Å². The van der Waals surface area contributed by atoms with E-state index in [9.17, 15) is 9.90 Å². The summed E-state index contributed by atoms with van der Waals surface area (Å²) >= 11 is 0. The number of hydrogen-bond acceptors (Lipinski definition) is 5. The van der Waals surface area contributed by atoms with E-state index in [4.69, 9.17) is 4.74 Å². The van der Waals surface area contributed by atoms with Crippen LogP contribution < -0.4 is 5.32 Å². The number of anilines is 1. The first-order chi connectivity index (χ1) is 7.22. The SMILES string of the molecule is CCOC(=O)c1ncn2c1NC(O)C=C2. The van der Waals surface area contributed by atoms with Crippen molar-refractivity contribution in [2.24, 2.45) is 0 Å². The van der Waals surface area contributed by atoms with E-state index in [-0.39, 0.29) is 5.69 Å². The highest BCUT2D eigenvalue weighted by atomic mass is 16.5. The maximum Gasteiger partial charge on any atom is 0.360 e. The molecule has 6 heteroatoms. The Morgan fingerprint density at radius 1 is 1.80 bits per heavy atom. The molecule has 0 bridgehead atoms. The van der Waals surface area contributed by atoms with E-state index >= 15 is 0 Å². The Bertz CT molecular complexity index is 411. The average molecular weight is 209 g/mol. The van der Waals surface area contributed by atoms with Crippen LogP contribution in [-0.4, -0.2) is 33.5 Å². The minimum absolute atomic E-state index is 0.181. The third-order valence-corrected chi connectivity index (χ3v) is 1.98. The molecule has 1 aromatic rings. The van der Waals surface area contributed by atoms with Gasteiger partial charge in [0.25, 0.3) is 0 Å². The molecule has 2 rings (SSSR count). The fourth-order valence-electron chi connectivity index (χ4n) is 1.33. The molecule has 15 heavy (non-hydrogen) atoms. The Hall–Kier alpha value is -1.82. The lowest BCUT2D eigenvalue weighted by atomic mass is 10.3. The first-order valence-electron chi connectivity index (χ1n) is 4.59. The van der Waals surface area contributed by atoms with E-state index in [0.29, 0.717) is 12.4 Å². The van der Waals surface area contributed by atoms with Gasteiger partial charge < -0.3 is 15.2 Å². The van der Waals surface area contributed by atoms with Crippen LogP contribution >= 0.6 is 0 Å². The van der Waals surface area contributed by atoms with Crippen LogP contribution in [0.15, 0.2) is 12.4 Å². The molecule has 6 nitrogen and oxygen atoms in total. The predicted molar refractivity (Wildman–Crippen MR) is 53.1 cm³/mol.